The first-order valence-corrected chi connectivity index (χ1v) is 8.36. The maximum Gasteiger partial charge on any atom is 0.455 e. The SMILES string of the molecule is Cc1c(CNC(=O)[C@@H]2C[C@@H]2c2nc(C(F)(F)F)no2)cnn1CC(C)C. The fourth-order valence-corrected chi connectivity index (χ4v) is 2.76. The number of nitrogens with one attached hydrogen (secondary N) is 1. The van der Waals surface area contributed by atoms with E-state index in [2.05, 4.69) is 38.9 Å². The summed E-state index contributed by atoms with van der Waals surface area (Å²) in [6.45, 7) is 7.25. The summed E-state index contributed by atoms with van der Waals surface area (Å²) in [5.41, 5.74) is 1.89. The first-order chi connectivity index (χ1) is 12.2. The average Bonchev–Trinajstić information content (AvgIpc) is 3.04. The van der Waals surface area contributed by atoms with Crippen LogP contribution in [0.2, 0.25) is 0 Å². The first-order valence-electron chi connectivity index (χ1n) is 8.36. The molecule has 142 valence electrons. The molecule has 1 aliphatic carbocycles. The van der Waals surface area contributed by atoms with Crippen molar-refractivity contribution in [1.82, 2.24) is 25.2 Å². The summed E-state index contributed by atoms with van der Waals surface area (Å²) in [6, 6.07) is 0. The smallest absolute Gasteiger partial charge is 0.352 e. The molecule has 1 N–H and O–H groups in total. The lowest BCUT2D eigenvalue weighted by atomic mass is 10.2. The van der Waals surface area contributed by atoms with E-state index in [1.165, 1.54) is 0 Å². The van der Waals surface area contributed by atoms with Gasteiger partial charge in [-0.1, -0.05) is 19.0 Å². The molecule has 0 spiro atoms. The molecule has 0 bridgehead atoms. The zero-order valence-electron chi connectivity index (χ0n) is 14.7. The molecule has 2 aromatic rings. The lowest BCUT2D eigenvalue weighted by Gasteiger charge is -2.08. The Bertz CT molecular complexity index is 796. The lowest BCUT2D eigenvalue weighted by Crippen LogP contribution is -2.25. The van der Waals surface area contributed by atoms with E-state index in [1.807, 2.05) is 11.6 Å². The zero-order valence-corrected chi connectivity index (χ0v) is 14.7. The molecule has 0 aliphatic heterocycles. The van der Waals surface area contributed by atoms with E-state index in [4.69, 9.17) is 0 Å². The van der Waals surface area contributed by atoms with Crippen molar-refractivity contribution in [3.63, 3.8) is 0 Å². The molecule has 3 rings (SSSR count). The Kier molecular flexibility index (Phi) is 4.76. The van der Waals surface area contributed by atoms with E-state index in [-0.39, 0.29) is 11.8 Å². The summed E-state index contributed by atoms with van der Waals surface area (Å²) in [5, 5.41) is 10.0. The molecular weight excluding hydrogens is 351 g/mol. The molecule has 0 saturated heterocycles. The number of amides is 1. The molecule has 10 heteroatoms. The van der Waals surface area contributed by atoms with E-state index >= 15 is 0 Å². The van der Waals surface area contributed by atoms with Gasteiger partial charge in [0, 0.05) is 24.3 Å². The second-order valence-corrected chi connectivity index (χ2v) is 6.95. The Morgan fingerprint density at radius 3 is 2.81 bits per heavy atom. The van der Waals surface area contributed by atoms with E-state index < -0.39 is 23.8 Å². The molecule has 2 atom stereocenters. The third-order valence-corrected chi connectivity index (χ3v) is 4.34. The molecule has 0 aromatic carbocycles. The molecule has 1 saturated carbocycles. The van der Waals surface area contributed by atoms with Crippen LogP contribution in [0.3, 0.4) is 0 Å². The van der Waals surface area contributed by atoms with Crippen LogP contribution in [-0.2, 0) is 24.1 Å². The predicted octanol–water partition coefficient (Wildman–Crippen LogP) is 2.67. The van der Waals surface area contributed by atoms with Crippen LogP contribution in [0, 0.1) is 18.8 Å². The maximum atomic E-state index is 12.5. The molecular formula is C16H20F3N5O2. The van der Waals surface area contributed by atoms with Crippen LogP contribution >= 0.6 is 0 Å². The molecule has 2 aromatic heterocycles. The molecule has 0 unspecified atom stereocenters. The maximum absolute atomic E-state index is 12.5. The third-order valence-electron chi connectivity index (χ3n) is 4.34. The minimum absolute atomic E-state index is 0.140. The van der Waals surface area contributed by atoms with Crippen LogP contribution in [0.5, 0.6) is 0 Å². The number of hydrogen-bond acceptors (Lipinski definition) is 5. The first kappa shape index (κ1) is 18.4. The van der Waals surface area contributed by atoms with Gasteiger partial charge in [0.15, 0.2) is 0 Å². The van der Waals surface area contributed by atoms with Crippen molar-refractivity contribution < 1.29 is 22.5 Å². The summed E-state index contributed by atoms with van der Waals surface area (Å²) in [4.78, 5) is 15.6. The largest absolute Gasteiger partial charge is 0.455 e. The van der Waals surface area contributed by atoms with Crippen LogP contribution in [0.4, 0.5) is 13.2 Å². The van der Waals surface area contributed by atoms with Crippen molar-refractivity contribution in [1.29, 1.82) is 0 Å². The fourth-order valence-electron chi connectivity index (χ4n) is 2.76. The second kappa shape index (κ2) is 6.73. The van der Waals surface area contributed by atoms with Gasteiger partial charge < -0.3 is 9.84 Å². The van der Waals surface area contributed by atoms with Crippen molar-refractivity contribution in [3.8, 4) is 0 Å². The van der Waals surface area contributed by atoms with E-state index in [0.29, 0.717) is 18.9 Å². The number of hydrogen-bond donors (Lipinski definition) is 1. The van der Waals surface area contributed by atoms with Gasteiger partial charge in [-0.15, -0.1) is 0 Å². The van der Waals surface area contributed by atoms with Crippen molar-refractivity contribution >= 4 is 5.91 Å². The van der Waals surface area contributed by atoms with E-state index in [1.54, 1.807) is 6.20 Å². The van der Waals surface area contributed by atoms with Crippen molar-refractivity contribution in [2.24, 2.45) is 11.8 Å². The van der Waals surface area contributed by atoms with Crippen molar-refractivity contribution in [2.45, 2.75) is 52.4 Å². The Balaban J connectivity index is 1.54. The number of halogens is 3. The third kappa shape index (κ3) is 3.88. The predicted molar refractivity (Wildman–Crippen MR) is 83.8 cm³/mol. The van der Waals surface area contributed by atoms with Gasteiger partial charge in [0.05, 0.1) is 18.0 Å². The Morgan fingerprint density at radius 2 is 2.19 bits per heavy atom. The highest BCUT2D eigenvalue weighted by atomic mass is 19.4. The Hall–Kier alpha value is -2.39. The summed E-state index contributed by atoms with van der Waals surface area (Å²) in [6.07, 6.45) is -2.53. The van der Waals surface area contributed by atoms with Crippen molar-refractivity contribution in [2.75, 3.05) is 0 Å². The van der Waals surface area contributed by atoms with Gasteiger partial charge in [-0.05, 0) is 19.3 Å². The molecule has 26 heavy (non-hydrogen) atoms. The molecule has 1 fully saturated rings. The van der Waals surface area contributed by atoms with Crippen LogP contribution in [0.1, 0.15) is 49.2 Å². The Labute approximate surface area is 147 Å². The van der Waals surface area contributed by atoms with Gasteiger partial charge in [-0.25, -0.2) is 0 Å². The minimum Gasteiger partial charge on any atom is -0.352 e. The summed E-state index contributed by atoms with van der Waals surface area (Å²) in [7, 11) is 0. The highest BCUT2D eigenvalue weighted by Gasteiger charge is 2.49. The standard InChI is InChI=1S/C16H20F3N5O2/c1-8(2)7-24-9(3)10(6-21-24)5-20-13(25)11-4-12(11)14-22-15(23-26-14)16(17,18)19/h6,8,11-12H,4-5,7H2,1-3H3,(H,20,25)/t11-,12+/m1/s1. The van der Waals surface area contributed by atoms with Gasteiger partial charge >= 0.3 is 6.18 Å². The molecule has 1 aliphatic rings. The average molecular weight is 371 g/mol. The monoisotopic (exact) mass is 371 g/mol. The molecule has 7 nitrogen and oxygen atoms in total. The van der Waals surface area contributed by atoms with Gasteiger partial charge in [0.2, 0.25) is 11.8 Å². The number of nitrogens with zero attached hydrogens (tertiary/aromatic N) is 4. The number of carbonyl (C=O) groups excluding carboxylic acids is 1. The van der Waals surface area contributed by atoms with Crippen LogP contribution in [0.15, 0.2) is 10.7 Å². The zero-order chi connectivity index (χ0) is 19.1. The van der Waals surface area contributed by atoms with Crippen LogP contribution in [0.25, 0.3) is 0 Å². The number of aromatic nitrogens is 4. The van der Waals surface area contributed by atoms with E-state index in [9.17, 15) is 18.0 Å². The van der Waals surface area contributed by atoms with Gasteiger partial charge in [0.1, 0.15) is 0 Å². The molecule has 1 amide bonds. The molecule has 0 radical (unpaired) electrons. The van der Waals surface area contributed by atoms with Crippen LogP contribution < -0.4 is 5.32 Å². The van der Waals surface area contributed by atoms with E-state index in [0.717, 1.165) is 17.8 Å². The summed E-state index contributed by atoms with van der Waals surface area (Å²) < 4.78 is 44.0. The summed E-state index contributed by atoms with van der Waals surface area (Å²) >= 11 is 0. The number of rotatable bonds is 6. The van der Waals surface area contributed by atoms with Crippen LogP contribution in [-0.4, -0.2) is 25.8 Å². The minimum atomic E-state index is -4.65. The second-order valence-electron chi connectivity index (χ2n) is 6.95. The fraction of sp³-hybridized carbons (Fsp3) is 0.625. The number of alkyl halides is 3. The normalized spacial score (nSPS) is 19.8. The summed E-state index contributed by atoms with van der Waals surface area (Å²) in [5.74, 6) is -2.13. The van der Waals surface area contributed by atoms with Gasteiger partial charge in [-0.2, -0.15) is 23.3 Å². The Morgan fingerprint density at radius 1 is 1.46 bits per heavy atom. The highest BCUT2D eigenvalue weighted by molar-refractivity contribution is 5.82. The van der Waals surface area contributed by atoms with Gasteiger partial charge in [-0.3, -0.25) is 9.48 Å². The highest BCUT2D eigenvalue weighted by Crippen LogP contribution is 2.47. The number of carbonyl (C=O) groups is 1. The van der Waals surface area contributed by atoms with Crippen molar-refractivity contribution in [3.05, 3.63) is 29.2 Å². The molecule has 2 heterocycles. The quantitative estimate of drug-likeness (QED) is 0.844. The topological polar surface area (TPSA) is 85.8 Å². The van der Waals surface area contributed by atoms with Gasteiger partial charge in [0.25, 0.3) is 5.82 Å². The lowest BCUT2D eigenvalue weighted by molar-refractivity contribution is -0.146.